The molecule has 0 bridgehead atoms. The molecular formula is C13H21N3O. The molecule has 2 fully saturated rings. The Bertz CT molecular complexity index is 296. The van der Waals surface area contributed by atoms with E-state index in [2.05, 4.69) is 9.74 Å². The Kier molecular flexibility index (Phi) is 4.38. The average Bonchev–Trinajstić information content (AvgIpc) is 2.40. The zero-order valence-electron chi connectivity index (χ0n) is 10.4. The van der Waals surface area contributed by atoms with Gasteiger partial charge in [-0.25, -0.2) is 6.57 Å². The Morgan fingerprint density at radius 2 is 1.76 bits per heavy atom. The number of hydrogen-bond acceptors (Lipinski definition) is 2. The standard InChI is InChI=1S/C13H21N3O/c1-14-11-13(17)16-9-7-15(8-10-16)12-5-3-2-4-6-12/h12H,2-11H2. The van der Waals surface area contributed by atoms with Crippen LogP contribution >= 0.6 is 0 Å². The molecule has 0 aromatic heterocycles. The van der Waals surface area contributed by atoms with Crippen molar-refractivity contribution in [1.82, 2.24) is 9.80 Å². The first kappa shape index (κ1) is 12.4. The van der Waals surface area contributed by atoms with Gasteiger partial charge in [-0.1, -0.05) is 19.3 Å². The Morgan fingerprint density at radius 1 is 1.12 bits per heavy atom. The average molecular weight is 235 g/mol. The van der Waals surface area contributed by atoms with Crippen LogP contribution in [-0.4, -0.2) is 54.5 Å². The van der Waals surface area contributed by atoms with Crippen LogP contribution in [0, 0.1) is 6.57 Å². The van der Waals surface area contributed by atoms with Crippen LogP contribution in [0.3, 0.4) is 0 Å². The molecule has 94 valence electrons. The summed E-state index contributed by atoms with van der Waals surface area (Å²) >= 11 is 0. The molecule has 0 unspecified atom stereocenters. The first-order valence-corrected chi connectivity index (χ1v) is 6.66. The summed E-state index contributed by atoms with van der Waals surface area (Å²) in [6.07, 6.45) is 6.77. The van der Waals surface area contributed by atoms with Crippen molar-refractivity contribution < 1.29 is 4.79 Å². The smallest absolute Gasteiger partial charge is 0.302 e. The van der Waals surface area contributed by atoms with Gasteiger partial charge in [0.15, 0.2) is 0 Å². The van der Waals surface area contributed by atoms with Crippen molar-refractivity contribution >= 4 is 5.91 Å². The minimum Gasteiger partial charge on any atom is -0.334 e. The number of carbonyl (C=O) groups excluding carboxylic acids is 1. The zero-order chi connectivity index (χ0) is 12.1. The third-order valence-corrected chi connectivity index (χ3v) is 3.97. The molecule has 0 spiro atoms. The Hall–Kier alpha value is -1.08. The summed E-state index contributed by atoms with van der Waals surface area (Å²) in [5.74, 6) is 0.00305. The van der Waals surface area contributed by atoms with Crippen LogP contribution in [-0.2, 0) is 4.79 Å². The van der Waals surface area contributed by atoms with Gasteiger partial charge in [-0.2, -0.15) is 0 Å². The maximum Gasteiger partial charge on any atom is 0.302 e. The quantitative estimate of drug-likeness (QED) is 0.676. The van der Waals surface area contributed by atoms with E-state index in [4.69, 9.17) is 6.57 Å². The molecule has 4 nitrogen and oxygen atoms in total. The molecule has 0 aromatic carbocycles. The summed E-state index contributed by atoms with van der Waals surface area (Å²) in [6, 6.07) is 0.752. The molecule has 0 atom stereocenters. The van der Waals surface area contributed by atoms with Gasteiger partial charge in [-0.05, 0) is 12.8 Å². The number of hydrogen-bond donors (Lipinski definition) is 0. The fraction of sp³-hybridized carbons (Fsp3) is 0.846. The van der Waals surface area contributed by atoms with Crippen molar-refractivity contribution in [2.24, 2.45) is 0 Å². The summed E-state index contributed by atoms with van der Waals surface area (Å²) < 4.78 is 0. The van der Waals surface area contributed by atoms with Crippen molar-refractivity contribution in [2.75, 3.05) is 32.7 Å². The highest BCUT2D eigenvalue weighted by Crippen LogP contribution is 2.23. The van der Waals surface area contributed by atoms with E-state index in [-0.39, 0.29) is 12.5 Å². The number of carbonyl (C=O) groups is 1. The van der Waals surface area contributed by atoms with Gasteiger partial charge in [0.05, 0.1) is 0 Å². The van der Waals surface area contributed by atoms with E-state index < -0.39 is 0 Å². The van der Waals surface area contributed by atoms with E-state index in [1.54, 1.807) is 0 Å². The monoisotopic (exact) mass is 235 g/mol. The molecular weight excluding hydrogens is 214 g/mol. The van der Waals surface area contributed by atoms with E-state index in [1.807, 2.05) is 4.90 Å². The molecule has 1 amide bonds. The first-order valence-electron chi connectivity index (χ1n) is 6.66. The lowest BCUT2D eigenvalue weighted by Gasteiger charge is -2.40. The fourth-order valence-corrected chi connectivity index (χ4v) is 2.95. The molecule has 1 heterocycles. The molecule has 0 N–H and O–H groups in total. The molecule has 0 aromatic rings. The minimum atomic E-state index is 0.00305. The molecule has 1 aliphatic carbocycles. The number of nitrogens with zero attached hydrogens (tertiary/aromatic N) is 3. The van der Waals surface area contributed by atoms with Crippen LogP contribution in [0.1, 0.15) is 32.1 Å². The second kappa shape index (κ2) is 6.02. The van der Waals surface area contributed by atoms with E-state index in [1.165, 1.54) is 32.1 Å². The van der Waals surface area contributed by atoms with Gasteiger partial charge in [-0.15, -0.1) is 0 Å². The summed E-state index contributed by atoms with van der Waals surface area (Å²) in [4.78, 5) is 19.1. The lowest BCUT2D eigenvalue weighted by atomic mass is 9.94. The van der Waals surface area contributed by atoms with Crippen LogP contribution in [0.2, 0.25) is 0 Å². The summed E-state index contributed by atoms with van der Waals surface area (Å²) in [5.41, 5.74) is 0. The van der Waals surface area contributed by atoms with Crippen LogP contribution < -0.4 is 0 Å². The van der Waals surface area contributed by atoms with Gasteiger partial charge < -0.3 is 9.74 Å². The molecule has 2 rings (SSSR count). The fourth-order valence-electron chi connectivity index (χ4n) is 2.95. The summed E-state index contributed by atoms with van der Waals surface area (Å²) in [7, 11) is 0. The predicted molar refractivity (Wildman–Crippen MR) is 66.5 cm³/mol. The van der Waals surface area contributed by atoms with Crippen LogP contribution in [0.15, 0.2) is 0 Å². The molecule has 4 heteroatoms. The third-order valence-electron chi connectivity index (χ3n) is 3.97. The SMILES string of the molecule is [C-]#[N+]CC(=O)N1CCN(C2CCCCC2)CC1. The highest BCUT2D eigenvalue weighted by Gasteiger charge is 2.27. The second-order valence-corrected chi connectivity index (χ2v) is 5.02. The number of piperazine rings is 1. The first-order chi connectivity index (χ1) is 8.31. The lowest BCUT2D eigenvalue weighted by molar-refractivity contribution is -0.131. The van der Waals surface area contributed by atoms with E-state index in [0.29, 0.717) is 0 Å². The largest absolute Gasteiger partial charge is 0.334 e. The minimum absolute atomic E-state index is 0.00305. The van der Waals surface area contributed by atoms with Gasteiger partial charge in [0.25, 0.3) is 6.54 Å². The number of rotatable bonds is 2. The maximum absolute atomic E-state index is 11.6. The second-order valence-electron chi connectivity index (χ2n) is 5.02. The van der Waals surface area contributed by atoms with E-state index >= 15 is 0 Å². The van der Waals surface area contributed by atoms with Crippen LogP contribution in [0.5, 0.6) is 0 Å². The molecule has 1 saturated heterocycles. The highest BCUT2D eigenvalue weighted by atomic mass is 16.2. The van der Waals surface area contributed by atoms with E-state index in [0.717, 1.165) is 32.2 Å². The van der Waals surface area contributed by atoms with Crippen LogP contribution in [0.25, 0.3) is 4.85 Å². The van der Waals surface area contributed by atoms with Crippen molar-refractivity contribution in [2.45, 2.75) is 38.1 Å². The summed E-state index contributed by atoms with van der Waals surface area (Å²) in [6.45, 7) is 10.3. The van der Waals surface area contributed by atoms with Crippen molar-refractivity contribution in [1.29, 1.82) is 0 Å². The topological polar surface area (TPSA) is 27.9 Å². The highest BCUT2D eigenvalue weighted by molar-refractivity contribution is 5.79. The van der Waals surface area contributed by atoms with Crippen molar-refractivity contribution in [3.05, 3.63) is 11.4 Å². The predicted octanol–water partition coefficient (Wildman–Crippen LogP) is 1.38. The Morgan fingerprint density at radius 3 is 2.35 bits per heavy atom. The van der Waals surface area contributed by atoms with Crippen LogP contribution in [0.4, 0.5) is 0 Å². The third kappa shape index (κ3) is 3.19. The van der Waals surface area contributed by atoms with Crippen molar-refractivity contribution in [3.8, 4) is 0 Å². The molecule has 1 aliphatic heterocycles. The Balaban J connectivity index is 1.77. The lowest BCUT2D eigenvalue weighted by Crippen LogP contribution is -2.52. The van der Waals surface area contributed by atoms with Gasteiger partial charge >= 0.3 is 5.91 Å². The Labute approximate surface area is 103 Å². The molecule has 2 aliphatic rings. The normalized spacial score (nSPS) is 23.4. The van der Waals surface area contributed by atoms with E-state index in [9.17, 15) is 4.79 Å². The van der Waals surface area contributed by atoms with Gasteiger partial charge in [0.1, 0.15) is 0 Å². The molecule has 0 radical (unpaired) electrons. The van der Waals surface area contributed by atoms with Gasteiger partial charge in [-0.3, -0.25) is 9.69 Å². The number of amides is 1. The van der Waals surface area contributed by atoms with Crippen molar-refractivity contribution in [3.63, 3.8) is 0 Å². The maximum atomic E-state index is 11.6. The van der Waals surface area contributed by atoms with Gasteiger partial charge in [0, 0.05) is 32.2 Å². The summed E-state index contributed by atoms with van der Waals surface area (Å²) in [5, 5.41) is 0. The zero-order valence-corrected chi connectivity index (χ0v) is 10.4. The molecule has 17 heavy (non-hydrogen) atoms. The molecule has 1 saturated carbocycles. The van der Waals surface area contributed by atoms with Gasteiger partial charge in [0.2, 0.25) is 0 Å².